The summed E-state index contributed by atoms with van der Waals surface area (Å²) >= 11 is 1.97. The Kier molecular flexibility index (Phi) is 3.46. The van der Waals surface area contributed by atoms with E-state index in [2.05, 4.69) is 16.6 Å². The van der Waals surface area contributed by atoms with E-state index < -0.39 is 0 Å². The molecule has 2 aromatic rings. The molecule has 2 atom stereocenters. The summed E-state index contributed by atoms with van der Waals surface area (Å²) in [4.78, 5) is 4.47. The summed E-state index contributed by atoms with van der Waals surface area (Å²) in [7, 11) is 0. The van der Waals surface area contributed by atoms with E-state index in [0.29, 0.717) is 12.1 Å². The van der Waals surface area contributed by atoms with Gasteiger partial charge >= 0.3 is 0 Å². The molecule has 18 heavy (non-hydrogen) atoms. The van der Waals surface area contributed by atoms with Crippen LogP contribution < -0.4 is 5.32 Å². The number of hydrogen-bond acceptors (Lipinski definition) is 4. The highest BCUT2D eigenvalue weighted by Gasteiger charge is 2.22. The molecule has 0 amide bonds. The topological polar surface area (TPSA) is 38.1 Å². The number of anilines is 1. The van der Waals surface area contributed by atoms with Crippen LogP contribution in [0.2, 0.25) is 0 Å². The van der Waals surface area contributed by atoms with Gasteiger partial charge in [-0.25, -0.2) is 0 Å². The smallest absolute Gasteiger partial charge is 0.295 e. The third-order valence-corrected chi connectivity index (χ3v) is 4.68. The molecule has 1 heterocycles. The standard InChI is InChI=1S/C14H18N2OS/c1-18-11-6-4-5-10(9-11)15-14-16-12-7-2-3-8-13(12)17-14/h2-3,7-8,10-11H,4-6,9H2,1H3,(H,15,16). The van der Waals surface area contributed by atoms with Crippen molar-refractivity contribution >= 4 is 28.9 Å². The largest absolute Gasteiger partial charge is 0.424 e. The zero-order chi connectivity index (χ0) is 12.4. The number of rotatable bonds is 3. The highest BCUT2D eigenvalue weighted by molar-refractivity contribution is 7.99. The molecule has 0 spiro atoms. The Morgan fingerprint density at radius 2 is 2.22 bits per heavy atom. The van der Waals surface area contributed by atoms with Crippen LogP contribution in [-0.4, -0.2) is 22.5 Å². The van der Waals surface area contributed by atoms with Gasteiger partial charge in [-0.2, -0.15) is 16.7 Å². The first-order valence-electron chi connectivity index (χ1n) is 6.50. The Balaban J connectivity index is 1.71. The summed E-state index contributed by atoms with van der Waals surface area (Å²) in [6.45, 7) is 0. The molecule has 1 aliphatic carbocycles. The highest BCUT2D eigenvalue weighted by Crippen LogP contribution is 2.29. The van der Waals surface area contributed by atoms with E-state index >= 15 is 0 Å². The summed E-state index contributed by atoms with van der Waals surface area (Å²) in [5.74, 6) is 0. The van der Waals surface area contributed by atoms with Gasteiger partial charge in [-0.1, -0.05) is 18.6 Å². The van der Waals surface area contributed by atoms with Crippen molar-refractivity contribution in [3.63, 3.8) is 0 Å². The van der Waals surface area contributed by atoms with Gasteiger partial charge in [-0.3, -0.25) is 0 Å². The molecule has 1 aromatic carbocycles. The molecular formula is C14H18N2OS. The zero-order valence-corrected chi connectivity index (χ0v) is 11.4. The van der Waals surface area contributed by atoms with E-state index in [1.165, 1.54) is 25.7 Å². The maximum Gasteiger partial charge on any atom is 0.295 e. The van der Waals surface area contributed by atoms with Crippen LogP contribution in [0.5, 0.6) is 0 Å². The number of fused-ring (bicyclic) bond motifs is 1. The van der Waals surface area contributed by atoms with Gasteiger partial charge in [0.25, 0.3) is 6.01 Å². The lowest BCUT2D eigenvalue weighted by atomic mass is 9.95. The van der Waals surface area contributed by atoms with Crippen LogP contribution in [0.1, 0.15) is 25.7 Å². The van der Waals surface area contributed by atoms with Crippen molar-refractivity contribution in [1.82, 2.24) is 4.98 Å². The Bertz CT molecular complexity index is 492. The monoisotopic (exact) mass is 262 g/mol. The summed E-state index contributed by atoms with van der Waals surface area (Å²) in [5.41, 5.74) is 1.79. The van der Waals surface area contributed by atoms with Crippen molar-refractivity contribution in [3.8, 4) is 0 Å². The lowest BCUT2D eigenvalue weighted by molar-refractivity contribution is 0.461. The van der Waals surface area contributed by atoms with Crippen LogP contribution in [-0.2, 0) is 0 Å². The molecule has 3 nitrogen and oxygen atoms in total. The van der Waals surface area contributed by atoms with Crippen molar-refractivity contribution in [2.24, 2.45) is 0 Å². The van der Waals surface area contributed by atoms with Gasteiger partial charge in [0.15, 0.2) is 5.58 Å². The fourth-order valence-electron chi connectivity index (χ4n) is 2.60. The molecule has 2 unspecified atom stereocenters. The lowest BCUT2D eigenvalue weighted by Crippen LogP contribution is -2.28. The van der Waals surface area contributed by atoms with E-state index in [4.69, 9.17) is 4.42 Å². The molecule has 1 saturated carbocycles. The number of nitrogens with one attached hydrogen (secondary N) is 1. The quantitative estimate of drug-likeness (QED) is 0.910. The first-order valence-corrected chi connectivity index (χ1v) is 7.79. The third kappa shape index (κ3) is 2.48. The second kappa shape index (κ2) is 5.22. The van der Waals surface area contributed by atoms with Crippen molar-refractivity contribution in [1.29, 1.82) is 0 Å². The minimum Gasteiger partial charge on any atom is -0.424 e. The zero-order valence-electron chi connectivity index (χ0n) is 10.6. The number of para-hydroxylation sites is 2. The SMILES string of the molecule is CSC1CCCC(Nc2nc3ccccc3o2)C1. The molecule has 0 saturated heterocycles. The van der Waals surface area contributed by atoms with Crippen LogP contribution in [0, 0.1) is 0 Å². The summed E-state index contributed by atoms with van der Waals surface area (Å²) < 4.78 is 5.71. The van der Waals surface area contributed by atoms with E-state index in [1.54, 1.807) is 0 Å². The third-order valence-electron chi connectivity index (χ3n) is 3.58. The fourth-order valence-corrected chi connectivity index (χ4v) is 3.43. The first-order chi connectivity index (χ1) is 8.85. The molecule has 96 valence electrons. The summed E-state index contributed by atoms with van der Waals surface area (Å²) in [6, 6.07) is 9.07. The first kappa shape index (κ1) is 11.9. The second-order valence-electron chi connectivity index (χ2n) is 4.85. The van der Waals surface area contributed by atoms with Crippen molar-refractivity contribution in [2.75, 3.05) is 11.6 Å². The van der Waals surface area contributed by atoms with Gasteiger partial charge in [0.2, 0.25) is 0 Å². The molecule has 1 fully saturated rings. The molecular weight excluding hydrogens is 244 g/mol. The Morgan fingerprint density at radius 3 is 3.06 bits per heavy atom. The molecule has 1 N–H and O–H groups in total. The van der Waals surface area contributed by atoms with Crippen LogP contribution in [0.4, 0.5) is 6.01 Å². The van der Waals surface area contributed by atoms with E-state index in [1.807, 2.05) is 36.0 Å². The number of thioether (sulfide) groups is 1. The van der Waals surface area contributed by atoms with Crippen LogP contribution in [0.25, 0.3) is 11.1 Å². The van der Waals surface area contributed by atoms with Crippen LogP contribution in [0.3, 0.4) is 0 Å². The van der Waals surface area contributed by atoms with Crippen molar-refractivity contribution < 1.29 is 4.42 Å². The number of aromatic nitrogens is 1. The number of nitrogens with zero attached hydrogens (tertiary/aromatic N) is 1. The number of oxazole rings is 1. The molecule has 3 rings (SSSR count). The molecule has 0 aliphatic heterocycles. The lowest BCUT2D eigenvalue weighted by Gasteiger charge is -2.27. The van der Waals surface area contributed by atoms with E-state index in [-0.39, 0.29) is 0 Å². The maximum absolute atomic E-state index is 5.71. The van der Waals surface area contributed by atoms with Crippen LogP contribution >= 0.6 is 11.8 Å². The van der Waals surface area contributed by atoms with Gasteiger partial charge in [0.1, 0.15) is 5.52 Å². The summed E-state index contributed by atoms with van der Waals surface area (Å²) in [5, 5.41) is 4.22. The Labute approximate surface area is 111 Å². The average Bonchev–Trinajstić information content (AvgIpc) is 2.81. The van der Waals surface area contributed by atoms with E-state index in [9.17, 15) is 0 Å². The van der Waals surface area contributed by atoms with Crippen molar-refractivity contribution in [3.05, 3.63) is 24.3 Å². The fraction of sp³-hybridized carbons (Fsp3) is 0.500. The second-order valence-corrected chi connectivity index (χ2v) is 5.99. The number of benzene rings is 1. The molecule has 0 bridgehead atoms. The minimum absolute atomic E-state index is 0.504. The molecule has 4 heteroatoms. The maximum atomic E-state index is 5.71. The predicted octanol–water partition coefficient (Wildman–Crippen LogP) is 3.91. The van der Waals surface area contributed by atoms with Crippen molar-refractivity contribution in [2.45, 2.75) is 37.0 Å². The molecule has 1 aromatic heterocycles. The van der Waals surface area contributed by atoms with Gasteiger partial charge in [-0.05, 0) is 37.7 Å². The van der Waals surface area contributed by atoms with Gasteiger partial charge in [0.05, 0.1) is 0 Å². The predicted molar refractivity (Wildman–Crippen MR) is 77.2 cm³/mol. The van der Waals surface area contributed by atoms with Crippen LogP contribution in [0.15, 0.2) is 28.7 Å². The number of hydrogen-bond donors (Lipinski definition) is 1. The minimum atomic E-state index is 0.504. The molecule has 0 radical (unpaired) electrons. The highest BCUT2D eigenvalue weighted by atomic mass is 32.2. The average molecular weight is 262 g/mol. The van der Waals surface area contributed by atoms with Gasteiger partial charge in [0, 0.05) is 11.3 Å². The van der Waals surface area contributed by atoms with E-state index in [0.717, 1.165) is 16.3 Å². The van der Waals surface area contributed by atoms with Gasteiger partial charge in [-0.15, -0.1) is 0 Å². The molecule has 1 aliphatic rings. The normalized spacial score (nSPS) is 24.3. The summed E-state index contributed by atoms with van der Waals surface area (Å²) in [6.07, 6.45) is 7.26. The Hall–Kier alpha value is -1.16. The Morgan fingerprint density at radius 1 is 1.33 bits per heavy atom. The van der Waals surface area contributed by atoms with Gasteiger partial charge < -0.3 is 9.73 Å².